The Morgan fingerprint density at radius 1 is 1.06 bits per heavy atom. The smallest absolute Gasteiger partial charge is 0.268 e. The highest BCUT2D eigenvalue weighted by Gasteiger charge is 2.23. The Balaban J connectivity index is 1.58. The molecule has 2 amide bonds. The molecule has 0 bridgehead atoms. The molecule has 1 fully saturated rings. The van der Waals surface area contributed by atoms with E-state index in [9.17, 15) is 14.7 Å². The minimum Gasteiger partial charge on any atom is -0.391 e. The van der Waals surface area contributed by atoms with Crippen molar-refractivity contribution in [3.8, 4) is 11.1 Å². The quantitative estimate of drug-likeness (QED) is 0.247. The summed E-state index contributed by atoms with van der Waals surface area (Å²) in [6.45, 7) is 9.31. The predicted octanol–water partition coefficient (Wildman–Crippen LogP) is 1.01. The fourth-order valence-corrected chi connectivity index (χ4v) is 3.63. The third-order valence-electron chi connectivity index (χ3n) is 5.52. The number of hydrogen-bond acceptors (Lipinski definition) is 7. The lowest BCUT2D eigenvalue weighted by molar-refractivity contribution is -0.133. The predicted molar refractivity (Wildman–Crippen MR) is 127 cm³/mol. The van der Waals surface area contributed by atoms with E-state index in [1.165, 1.54) is 12.4 Å². The van der Waals surface area contributed by atoms with Crippen LogP contribution in [-0.4, -0.2) is 71.9 Å². The Morgan fingerprint density at radius 2 is 1.64 bits per heavy atom. The van der Waals surface area contributed by atoms with E-state index in [2.05, 4.69) is 27.4 Å². The number of hydrogen-bond donors (Lipinski definition) is 6. The molecule has 1 aliphatic rings. The van der Waals surface area contributed by atoms with E-state index in [1.807, 2.05) is 48.5 Å². The molecular weight excluding hydrogens is 422 g/mol. The first-order valence-electron chi connectivity index (χ1n) is 10.9. The summed E-state index contributed by atoms with van der Waals surface area (Å²) >= 11 is 0. The van der Waals surface area contributed by atoms with E-state index in [0.29, 0.717) is 12.2 Å². The van der Waals surface area contributed by atoms with Crippen molar-refractivity contribution in [2.75, 3.05) is 38.0 Å². The maximum Gasteiger partial charge on any atom is 0.268 e. The Kier molecular flexibility index (Phi) is 8.56. The maximum atomic E-state index is 12.3. The molecule has 1 aliphatic heterocycles. The average Bonchev–Trinajstić information content (AvgIpc) is 2.83. The SMILES string of the molecule is C=C(N[C@H](C(=O)NO)[C@@H](C)O)c1ccc(-c2ccc(NC(=O)CN3CCNCC3)cc2)cc1. The number of rotatable bonds is 9. The van der Waals surface area contributed by atoms with Gasteiger partial charge in [-0.2, -0.15) is 0 Å². The first-order chi connectivity index (χ1) is 15.9. The number of piperazine rings is 1. The van der Waals surface area contributed by atoms with Gasteiger partial charge in [0.25, 0.3) is 5.91 Å². The number of carbonyl (C=O) groups excluding carboxylic acids is 2. The Hall–Kier alpha value is -3.24. The molecule has 0 saturated carbocycles. The molecular formula is C24H31N5O4. The van der Waals surface area contributed by atoms with Crippen molar-refractivity contribution < 1.29 is 19.9 Å². The van der Waals surface area contributed by atoms with Crippen molar-refractivity contribution >= 4 is 23.2 Å². The van der Waals surface area contributed by atoms with Gasteiger partial charge in [-0.25, -0.2) is 5.48 Å². The molecule has 33 heavy (non-hydrogen) atoms. The van der Waals surface area contributed by atoms with Crippen molar-refractivity contribution in [1.82, 2.24) is 21.0 Å². The van der Waals surface area contributed by atoms with Crippen LogP contribution in [0.1, 0.15) is 12.5 Å². The topological polar surface area (TPSA) is 126 Å². The van der Waals surface area contributed by atoms with Gasteiger partial charge in [-0.05, 0) is 35.7 Å². The van der Waals surface area contributed by atoms with Crippen LogP contribution in [0.2, 0.25) is 0 Å². The lowest BCUT2D eigenvalue weighted by atomic mass is 10.0. The first-order valence-corrected chi connectivity index (χ1v) is 10.9. The number of aliphatic hydroxyl groups excluding tert-OH is 1. The van der Waals surface area contributed by atoms with Crippen LogP contribution >= 0.6 is 0 Å². The van der Waals surface area contributed by atoms with Gasteiger partial charge in [-0.3, -0.25) is 19.7 Å². The normalized spacial score (nSPS) is 15.8. The standard InChI is InChI=1S/C24H31N5O4/c1-16(26-23(17(2)30)24(32)28-33)18-3-5-19(6-4-18)20-7-9-21(10-8-20)27-22(31)15-29-13-11-25-12-14-29/h3-10,17,23,25-26,30,33H,1,11-15H2,2H3,(H,27,31)(H,28,32)/t17-,23+/m1/s1. The van der Waals surface area contributed by atoms with E-state index in [0.717, 1.165) is 48.6 Å². The summed E-state index contributed by atoms with van der Waals surface area (Å²) in [6, 6.07) is 14.1. The molecule has 0 aliphatic carbocycles. The van der Waals surface area contributed by atoms with Crippen LogP contribution in [0.15, 0.2) is 55.1 Å². The molecule has 9 nitrogen and oxygen atoms in total. The summed E-state index contributed by atoms with van der Waals surface area (Å²) < 4.78 is 0. The summed E-state index contributed by atoms with van der Waals surface area (Å²) in [4.78, 5) is 26.1. The van der Waals surface area contributed by atoms with Gasteiger partial charge in [0.15, 0.2) is 0 Å². The Morgan fingerprint density at radius 3 is 2.18 bits per heavy atom. The second-order valence-corrected chi connectivity index (χ2v) is 8.05. The summed E-state index contributed by atoms with van der Waals surface area (Å²) in [5, 5.41) is 27.6. The van der Waals surface area contributed by atoms with Gasteiger partial charge in [0.2, 0.25) is 5.91 Å². The number of amides is 2. The van der Waals surface area contributed by atoms with Crippen molar-refractivity contribution in [3.05, 3.63) is 60.7 Å². The van der Waals surface area contributed by atoms with Crippen molar-refractivity contribution in [2.24, 2.45) is 0 Å². The van der Waals surface area contributed by atoms with Crippen LogP contribution in [0.25, 0.3) is 16.8 Å². The van der Waals surface area contributed by atoms with Crippen molar-refractivity contribution in [2.45, 2.75) is 19.1 Å². The van der Waals surface area contributed by atoms with E-state index >= 15 is 0 Å². The minimum atomic E-state index is -1.03. The molecule has 3 rings (SSSR count). The fourth-order valence-electron chi connectivity index (χ4n) is 3.63. The van der Waals surface area contributed by atoms with Crippen LogP contribution in [0.4, 0.5) is 5.69 Å². The summed E-state index contributed by atoms with van der Waals surface area (Å²) in [5.41, 5.74) is 5.44. The van der Waals surface area contributed by atoms with Crippen LogP contribution in [-0.2, 0) is 9.59 Å². The van der Waals surface area contributed by atoms with Crippen LogP contribution in [0, 0.1) is 0 Å². The highest BCUT2D eigenvalue weighted by molar-refractivity contribution is 5.92. The maximum absolute atomic E-state index is 12.3. The van der Waals surface area contributed by atoms with Crippen molar-refractivity contribution in [3.63, 3.8) is 0 Å². The fraction of sp³-hybridized carbons (Fsp3) is 0.333. The van der Waals surface area contributed by atoms with Gasteiger partial charge < -0.3 is 21.1 Å². The van der Waals surface area contributed by atoms with Crippen molar-refractivity contribution in [1.29, 1.82) is 0 Å². The second-order valence-electron chi connectivity index (χ2n) is 8.05. The van der Waals surface area contributed by atoms with E-state index in [-0.39, 0.29) is 5.91 Å². The summed E-state index contributed by atoms with van der Waals surface area (Å²) in [5.74, 6) is -0.770. The Bertz CT molecular complexity index is 954. The Labute approximate surface area is 193 Å². The molecule has 0 radical (unpaired) electrons. The molecule has 0 spiro atoms. The van der Waals surface area contributed by atoms with Crippen LogP contribution in [0.5, 0.6) is 0 Å². The van der Waals surface area contributed by atoms with Crippen LogP contribution < -0.4 is 21.4 Å². The molecule has 2 aromatic carbocycles. The third-order valence-corrected chi connectivity index (χ3v) is 5.52. The third kappa shape index (κ3) is 6.87. The summed E-state index contributed by atoms with van der Waals surface area (Å²) in [7, 11) is 0. The molecule has 1 heterocycles. The number of hydroxylamine groups is 1. The highest BCUT2D eigenvalue weighted by atomic mass is 16.5. The number of anilines is 1. The van der Waals surface area contributed by atoms with Gasteiger partial charge in [-0.15, -0.1) is 0 Å². The van der Waals surface area contributed by atoms with E-state index < -0.39 is 18.1 Å². The van der Waals surface area contributed by atoms with E-state index in [4.69, 9.17) is 5.21 Å². The molecule has 176 valence electrons. The minimum absolute atomic E-state index is 0.0228. The highest BCUT2D eigenvalue weighted by Crippen LogP contribution is 2.23. The number of nitrogens with one attached hydrogen (secondary N) is 4. The zero-order chi connectivity index (χ0) is 23.8. The molecule has 9 heteroatoms. The van der Waals surface area contributed by atoms with Crippen LogP contribution in [0.3, 0.4) is 0 Å². The number of benzene rings is 2. The molecule has 2 aromatic rings. The first kappa shape index (κ1) is 24.4. The molecule has 0 aromatic heterocycles. The molecule has 0 unspecified atom stereocenters. The molecule has 1 saturated heterocycles. The van der Waals surface area contributed by atoms with Gasteiger partial charge in [0.1, 0.15) is 6.04 Å². The zero-order valence-corrected chi connectivity index (χ0v) is 18.7. The summed E-state index contributed by atoms with van der Waals surface area (Å²) in [6.07, 6.45) is -1.02. The number of aliphatic hydroxyl groups is 1. The number of carbonyl (C=O) groups is 2. The lowest BCUT2D eigenvalue weighted by Gasteiger charge is -2.26. The van der Waals surface area contributed by atoms with Gasteiger partial charge in [0.05, 0.1) is 12.6 Å². The van der Waals surface area contributed by atoms with Gasteiger partial charge in [0, 0.05) is 37.6 Å². The lowest BCUT2D eigenvalue weighted by Crippen LogP contribution is -2.48. The molecule has 2 atom stereocenters. The van der Waals surface area contributed by atoms with Gasteiger partial charge >= 0.3 is 0 Å². The largest absolute Gasteiger partial charge is 0.391 e. The number of nitrogens with zero attached hydrogens (tertiary/aromatic N) is 1. The second kappa shape index (κ2) is 11.6. The van der Waals surface area contributed by atoms with Gasteiger partial charge in [-0.1, -0.05) is 43.0 Å². The monoisotopic (exact) mass is 453 g/mol. The van der Waals surface area contributed by atoms with E-state index in [1.54, 1.807) is 0 Å². The molecule has 6 N–H and O–H groups in total. The average molecular weight is 454 g/mol. The zero-order valence-electron chi connectivity index (χ0n) is 18.7.